The highest BCUT2D eigenvalue weighted by molar-refractivity contribution is 6.29. The van der Waals surface area contributed by atoms with Crippen molar-refractivity contribution < 1.29 is 18.3 Å². The minimum atomic E-state index is -3.93. The monoisotopic (exact) mass is 378 g/mol. The average Bonchev–Trinajstić information content (AvgIpc) is 2.99. The molecule has 1 amide bonds. The van der Waals surface area contributed by atoms with Crippen LogP contribution in [0.1, 0.15) is 18.2 Å². The van der Waals surface area contributed by atoms with Gasteiger partial charge in [0, 0.05) is 0 Å². The normalized spacial score (nSPS) is 15.8. The molecule has 2 aromatic heterocycles. The number of amides is 1. The summed E-state index contributed by atoms with van der Waals surface area (Å²) < 4.78 is 34.4. The number of hydrogen-bond donors (Lipinski definition) is 0. The summed E-state index contributed by atoms with van der Waals surface area (Å²) in [5.74, 6) is -1.41. The number of alkyl halides is 2. The van der Waals surface area contributed by atoms with E-state index in [9.17, 15) is 13.6 Å². The Morgan fingerprint density at radius 3 is 2.85 bits per heavy atom. The van der Waals surface area contributed by atoms with E-state index in [0.717, 1.165) is 4.90 Å². The van der Waals surface area contributed by atoms with Crippen LogP contribution in [0.25, 0.3) is 5.65 Å². The van der Waals surface area contributed by atoms with Crippen molar-refractivity contribution in [2.45, 2.75) is 26.0 Å². The molecule has 1 aliphatic rings. The Bertz CT molecular complexity index is 1020. The number of fused-ring (bicyclic) bond motifs is 2. The molecule has 0 atom stereocenters. The predicted octanol–water partition coefficient (Wildman–Crippen LogP) is 3.46. The Hall–Kier alpha value is -2.74. The fraction of sp³-hybridized carbons (Fsp3) is 0.235. The third kappa shape index (κ3) is 2.66. The molecule has 1 aliphatic heterocycles. The largest absolute Gasteiger partial charge is 0.483 e. The van der Waals surface area contributed by atoms with E-state index in [1.807, 2.05) is 6.92 Å². The van der Waals surface area contributed by atoms with Gasteiger partial charge in [-0.3, -0.25) is 9.69 Å². The van der Waals surface area contributed by atoms with Crippen LogP contribution in [0.4, 0.5) is 14.5 Å². The van der Waals surface area contributed by atoms with Crippen LogP contribution >= 0.6 is 11.6 Å². The van der Waals surface area contributed by atoms with Gasteiger partial charge in [0.2, 0.25) is 0 Å². The maximum absolute atomic E-state index is 14.1. The molecule has 0 saturated carbocycles. The molecule has 0 radical (unpaired) electrons. The lowest BCUT2D eigenvalue weighted by molar-refractivity contribution is -0.193. The third-order valence-corrected chi connectivity index (χ3v) is 4.33. The molecule has 0 bridgehead atoms. The summed E-state index contributed by atoms with van der Waals surface area (Å²) in [5, 5.41) is 4.32. The molecule has 134 valence electrons. The molecule has 0 spiro atoms. The number of aryl methyl sites for hydroxylation is 1. The SMILES string of the molecule is CCc1cccc2c1OC(F)(F)C(=O)N2Cc1cn2nc(Cl)ccc2n1. The van der Waals surface area contributed by atoms with E-state index in [4.69, 9.17) is 16.3 Å². The van der Waals surface area contributed by atoms with Gasteiger partial charge in [0.25, 0.3) is 0 Å². The summed E-state index contributed by atoms with van der Waals surface area (Å²) in [4.78, 5) is 17.6. The van der Waals surface area contributed by atoms with E-state index in [0.29, 0.717) is 29.0 Å². The number of para-hydroxylation sites is 1. The van der Waals surface area contributed by atoms with Crippen molar-refractivity contribution in [2.75, 3.05) is 4.90 Å². The maximum Gasteiger partial charge on any atom is 0.483 e. The summed E-state index contributed by atoms with van der Waals surface area (Å²) in [5.41, 5.74) is 1.80. The summed E-state index contributed by atoms with van der Waals surface area (Å²) in [7, 11) is 0. The van der Waals surface area contributed by atoms with Crippen LogP contribution in [0.2, 0.25) is 5.15 Å². The summed E-state index contributed by atoms with van der Waals surface area (Å²) >= 11 is 5.84. The molecule has 6 nitrogen and oxygen atoms in total. The van der Waals surface area contributed by atoms with Gasteiger partial charge in [-0.25, -0.2) is 9.50 Å². The first-order valence-electron chi connectivity index (χ1n) is 7.90. The van der Waals surface area contributed by atoms with Gasteiger partial charge >= 0.3 is 12.0 Å². The van der Waals surface area contributed by atoms with E-state index >= 15 is 0 Å². The number of ether oxygens (including phenoxy) is 1. The topological polar surface area (TPSA) is 59.7 Å². The van der Waals surface area contributed by atoms with Crippen LogP contribution in [0.5, 0.6) is 5.75 Å². The lowest BCUT2D eigenvalue weighted by Crippen LogP contribution is -2.50. The zero-order chi connectivity index (χ0) is 18.5. The molecule has 4 rings (SSSR count). The van der Waals surface area contributed by atoms with E-state index in [-0.39, 0.29) is 17.4 Å². The maximum atomic E-state index is 14.1. The first-order valence-corrected chi connectivity index (χ1v) is 8.28. The van der Waals surface area contributed by atoms with Crippen molar-refractivity contribution in [1.82, 2.24) is 14.6 Å². The van der Waals surface area contributed by atoms with Crippen molar-refractivity contribution in [3.8, 4) is 5.75 Å². The molecule has 3 aromatic rings. The number of rotatable bonds is 3. The van der Waals surface area contributed by atoms with E-state index in [1.54, 1.807) is 36.5 Å². The molecule has 0 aliphatic carbocycles. The van der Waals surface area contributed by atoms with Crippen LogP contribution in [0, 0.1) is 0 Å². The van der Waals surface area contributed by atoms with Gasteiger partial charge in [-0.2, -0.15) is 13.9 Å². The summed E-state index contributed by atoms with van der Waals surface area (Å²) in [6.07, 6.45) is -1.89. The zero-order valence-electron chi connectivity index (χ0n) is 13.6. The fourth-order valence-corrected chi connectivity index (χ4v) is 3.07. The summed E-state index contributed by atoms with van der Waals surface area (Å²) in [6, 6.07) is 8.20. The van der Waals surface area contributed by atoms with Crippen LogP contribution in [-0.4, -0.2) is 26.6 Å². The highest BCUT2D eigenvalue weighted by Gasteiger charge is 2.51. The molecule has 0 fully saturated rings. The van der Waals surface area contributed by atoms with Crippen molar-refractivity contribution in [2.24, 2.45) is 0 Å². The molecular weight excluding hydrogens is 366 g/mol. The fourth-order valence-electron chi connectivity index (χ4n) is 2.92. The number of carbonyl (C=O) groups excluding carboxylic acids is 1. The van der Waals surface area contributed by atoms with Gasteiger partial charge < -0.3 is 4.74 Å². The predicted molar refractivity (Wildman–Crippen MR) is 90.6 cm³/mol. The van der Waals surface area contributed by atoms with Gasteiger partial charge in [0.1, 0.15) is 5.15 Å². The number of anilines is 1. The second kappa shape index (κ2) is 5.91. The number of benzene rings is 1. The molecule has 26 heavy (non-hydrogen) atoms. The Morgan fingerprint density at radius 1 is 1.27 bits per heavy atom. The molecule has 0 N–H and O–H groups in total. The standard InChI is InChI=1S/C17H13ClF2N4O2/c1-2-10-4-3-5-12-15(10)26-17(19,20)16(25)23(12)8-11-9-24-14(21-11)7-6-13(18)22-24/h3-7,9H,2,8H2,1H3. The second-order valence-corrected chi connectivity index (χ2v) is 6.21. The number of hydrogen-bond acceptors (Lipinski definition) is 4. The number of imidazole rings is 1. The van der Waals surface area contributed by atoms with Crippen LogP contribution in [-0.2, 0) is 17.8 Å². The minimum Gasteiger partial charge on any atom is -0.423 e. The molecule has 0 unspecified atom stereocenters. The van der Waals surface area contributed by atoms with Crippen molar-refractivity contribution in [3.63, 3.8) is 0 Å². The Kier molecular flexibility index (Phi) is 3.80. The van der Waals surface area contributed by atoms with Gasteiger partial charge in [0.15, 0.2) is 11.4 Å². The molecule has 9 heteroatoms. The van der Waals surface area contributed by atoms with Gasteiger partial charge in [-0.1, -0.05) is 30.7 Å². The average molecular weight is 379 g/mol. The van der Waals surface area contributed by atoms with E-state index in [1.165, 1.54) is 4.52 Å². The highest BCUT2D eigenvalue weighted by atomic mass is 35.5. The van der Waals surface area contributed by atoms with Crippen LogP contribution in [0.15, 0.2) is 36.5 Å². The summed E-state index contributed by atoms with van der Waals surface area (Å²) in [6.45, 7) is 1.69. The number of aromatic nitrogens is 3. The lowest BCUT2D eigenvalue weighted by atomic mass is 10.1. The molecule has 0 saturated heterocycles. The molecule has 1 aromatic carbocycles. The van der Waals surface area contributed by atoms with Crippen LogP contribution < -0.4 is 9.64 Å². The van der Waals surface area contributed by atoms with Crippen molar-refractivity contribution in [3.05, 3.63) is 52.9 Å². The van der Waals surface area contributed by atoms with E-state index in [2.05, 4.69) is 10.1 Å². The first kappa shape index (κ1) is 16.7. The Labute approximate surface area is 152 Å². The lowest BCUT2D eigenvalue weighted by Gasteiger charge is -2.34. The zero-order valence-corrected chi connectivity index (χ0v) is 14.4. The Morgan fingerprint density at radius 2 is 2.08 bits per heavy atom. The second-order valence-electron chi connectivity index (χ2n) is 5.82. The molecule has 3 heterocycles. The highest BCUT2D eigenvalue weighted by Crippen LogP contribution is 2.42. The Balaban J connectivity index is 1.78. The molecular formula is C17H13ClF2N4O2. The van der Waals surface area contributed by atoms with Crippen molar-refractivity contribution in [1.29, 1.82) is 0 Å². The third-order valence-electron chi connectivity index (χ3n) is 4.13. The van der Waals surface area contributed by atoms with Gasteiger partial charge in [-0.15, -0.1) is 0 Å². The smallest absolute Gasteiger partial charge is 0.423 e. The van der Waals surface area contributed by atoms with Crippen LogP contribution in [0.3, 0.4) is 0 Å². The first-order chi connectivity index (χ1) is 12.4. The minimum absolute atomic E-state index is 0.0181. The number of halogens is 3. The van der Waals surface area contributed by atoms with Gasteiger partial charge in [-0.05, 0) is 30.2 Å². The quantitative estimate of drug-likeness (QED) is 0.700. The number of nitrogens with zero attached hydrogens (tertiary/aromatic N) is 4. The van der Waals surface area contributed by atoms with E-state index < -0.39 is 12.0 Å². The number of carbonyl (C=O) groups is 1. The van der Waals surface area contributed by atoms with Gasteiger partial charge in [0.05, 0.1) is 24.1 Å². The van der Waals surface area contributed by atoms with Crippen molar-refractivity contribution >= 4 is 28.8 Å².